The lowest BCUT2D eigenvalue weighted by atomic mass is 10.1. The molecular formula is C10H6BrNO3. The van der Waals surface area contributed by atoms with Gasteiger partial charge in [0.1, 0.15) is 5.76 Å². The molecular weight excluding hydrogens is 262 g/mol. The molecule has 0 saturated heterocycles. The molecule has 2 rings (SSSR count). The molecule has 1 aromatic heterocycles. The molecule has 0 atom stereocenters. The lowest BCUT2D eigenvalue weighted by Crippen LogP contribution is -1.88. The third-order valence-electron chi connectivity index (χ3n) is 1.95. The second-order valence-electron chi connectivity index (χ2n) is 2.90. The molecule has 0 radical (unpaired) electrons. The number of benzene rings is 1. The molecule has 76 valence electrons. The van der Waals surface area contributed by atoms with Gasteiger partial charge in [0.2, 0.25) is 0 Å². The van der Waals surface area contributed by atoms with Crippen LogP contribution < -0.4 is 0 Å². The highest BCUT2D eigenvalue weighted by Crippen LogP contribution is 2.31. The molecule has 0 fully saturated rings. The van der Waals surface area contributed by atoms with E-state index < -0.39 is 4.92 Å². The fourth-order valence-electron chi connectivity index (χ4n) is 1.25. The number of nitro benzene ring substituents is 1. The van der Waals surface area contributed by atoms with Crippen molar-refractivity contribution in [3.63, 3.8) is 0 Å². The van der Waals surface area contributed by atoms with Gasteiger partial charge in [-0.25, -0.2) is 0 Å². The summed E-state index contributed by atoms with van der Waals surface area (Å²) in [5.74, 6) is 0.678. The number of nitro groups is 1. The first-order chi connectivity index (χ1) is 7.18. The Hall–Kier alpha value is -1.62. The molecule has 2 aromatic rings. The topological polar surface area (TPSA) is 56.3 Å². The molecule has 0 spiro atoms. The molecule has 5 heteroatoms. The van der Waals surface area contributed by atoms with Crippen molar-refractivity contribution in [3.8, 4) is 11.3 Å². The Labute approximate surface area is 93.8 Å². The number of furan rings is 1. The minimum Gasteiger partial charge on any atom is -0.464 e. The fraction of sp³-hybridized carbons (Fsp3) is 0. The average molecular weight is 268 g/mol. The molecule has 4 nitrogen and oxygen atoms in total. The number of hydrogen-bond acceptors (Lipinski definition) is 3. The summed E-state index contributed by atoms with van der Waals surface area (Å²) >= 11 is 3.27. The van der Waals surface area contributed by atoms with Gasteiger partial charge in [-0.3, -0.25) is 10.1 Å². The van der Waals surface area contributed by atoms with Gasteiger partial charge in [-0.2, -0.15) is 0 Å². The normalized spacial score (nSPS) is 10.2. The van der Waals surface area contributed by atoms with Gasteiger partial charge in [0.25, 0.3) is 5.69 Å². The third-order valence-corrected chi connectivity index (χ3v) is 2.61. The van der Waals surface area contributed by atoms with Gasteiger partial charge in [0.15, 0.2) is 0 Å². The Kier molecular flexibility index (Phi) is 2.55. The van der Waals surface area contributed by atoms with E-state index >= 15 is 0 Å². The van der Waals surface area contributed by atoms with E-state index in [-0.39, 0.29) is 5.69 Å². The predicted molar refractivity (Wildman–Crippen MR) is 58.5 cm³/mol. The Morgan fingerprint density at radius 3 is 2.67 bits per heavy atom. The number of halogens is 1. The van der Waals surface area contributed by atoms with Gasteiger partial charge in [-0.15, -0.1) is 0 Å². The van der Waals surface area contributed by atoms with Crippen molar-refractivity contribution in [2.45, 2.75) is 0 Å². The molecule has 1 aromatic carbocycles. The lowest BCUT2D eigenvalue weighted by molar-refractivity contribution is -0.384. The van der Waals surface area contributed by atoms with Crippen LogP contribution in [0.4, 0.5) is 5.69 Å². The first kappa shape index (κ1) is 9.92. The van der Waals surface area contributed by atoms with Gasteiger partial charge in [-0.05, 0) is 34.1 Å². The van der Waals surface area contributed by atoms with Crippen LogP contribution in [0, 0.1) is 10.1 Å². The van der Waals surface area contributed by atoms with E-state index in [4.69, 9.17) is 4.42 Å². The van der Waals surface area contributed by atoms with Crippen LogP contribution in [0.5, 0.6) is 0 Å². The maximum atomic E-state index is 10.5. The van der Waals surface area contributed by atoms with Crippen LogP contribution >= 0.6 is 15.9 Å². The van der Waals surface area contributed by atoms with Crippen molar-refractivity contribution in [3.05, 3.63) is 51.2 Å². The molecule has 0 N–H and O–H groups in total. The maximum absolute atomic E-state index is 10.5. The zero-order chi connectivity index (χ0) is 10.8. The first-order valence-corrected chi connectivity index (χ1v) is 4.95. The summed E-state index contributed by atoms with van der Waals surface area (Å²) < 4.78 is 5.85. The minimum atomic E-state index is -0.434. The van der Waals surface area contributed by atoms with E-state index in [9.17, 15) is 10.1 Å². The van der Waals surface area contributed by atoms with Gasteiger partial charge < -0.3 is 4.42 Å². The van der Waals surface area contributed by atoms with Gasteiger partial charge in [0, 0.05) is 22.2 Å². The predicted octanol–water partition coefficient (Wildman–Crippen LogP) is 3.62. The Balaban J connectivity index is 2.48. The minimum absolute atomic E-state index is 0.0529. The standard InChI is InChI=1S/C10H6BrNO3/c11-9-6-7(12(13)14)3-4-8(9)10-2-1-5-15-10/h1-6H. The summed E-state index contributed by atoms with van der Waals surface area (Å²) in [7, 11) is 0. The number of hydrogen-bond donors (Lipinski definition) is 0. The SMILES string of the molecule is O=[N+]([O-])c1ccc(-c2ccco2)c(Br)c1. The Morgan fingerprint density at radius 1 is 1.33 bits per heavy atom. The molecule has 0 aliphatic heterocycles. The quantitative estimate of drug-likeness (QED) is 0.617. The summed E-state index contributed by atoms with van der Waals surface area (Å²) in [6, 6.07) is 8.12. The number of rotatable bonds is 2. The van der Waals surface area contributed by atoms with Gasteiger partial charge in [-0.1, -0.05) is 0 Å². The molecule has 0 bridgehead atoms. The van der Waals surface area contributed by atoms with E-state index in [1.165, 1.54) is 12.1 Å². The van der Waals surface area contributed by atoms with Crippen molar-refractivity contribution in [2.75, 3.05) is 0 Å². The van der Waals surface area contributed by atoms with Crippen molar-refractivity contribution < 1.29 is 9.34 Å². The third kappa shape index (κ3) is 1.92. The Morgan fingerprint density at radius 2 is 2.13 bits per heavy atom. The van der Waals surface area contributed by atoms with Crippen LogP contribution in [0.15, 0.2) is 45.5 Å². The molecule has 1 heterocycles. The molecule has 0 amide bonds. The average Bonchev–Trinajstić information content (AvgIpc) is 2.70. The van der Waals surface area contributed by atoms with E-state index in [0.29, 0.717) is 10.2 Å². The van der Waals surface area contributed by atoms with Crippen molar-refractivity contribution in [2.24, 2.45) is 0 Å². The van der Waals surface area contributed by atoms with Crippen molar-refractivity contribution >= 4 is 21.6 Å². The van der Waals surface area contributed by atoms with Crippen LogP contribution in [0.1, 0.15) is 0 Å². The smallest absolute Gasteiger partial charge is 0.270 e. The number of non-ortho nitro benzene ring substituents is 1. The lowest BCUT2D eigenvalue weighted by Gasteiger charge is -2.00. The fourth-order valence-corrected chi connectivity index (χ4v) is 1.81. The van der Waals surface area contributed by atoms with E-state index in [0.717, 1.165) is 5.56 Å². The summed E-state index contributed by atoms with van der Waals surface area (Å²) in [6.07, 6.45) is 1.56. The summed E-state index contributed by atoms with van der Waals surface area (Å²) in [5, 5.41) is 10.5. The van der Waals surface area contributed by atoms with Crippen LogP contribution in [-0.2, 0) is 0 Å². The van der Waals surface area contributed by atoms with Crippen LogP contribution in [-0.4, -0.2) is 4.92 Å². The summed E-state index contributed by atoms with van der Waals surface area (Å²) in [4.78, 5) is 10.1. The van der Waals surface area contributed by atoms with E-state index in [1.807, 2.05) is 0 Å². The highest BCUT2D eigenvalue weighted by atomic mass is 79.9. The molecule has 0 aliphatic carbocycles. The summed E-state index contributed by atoms with van der Waals surface area (Å²) in [6.45, 7) is 0. The second-order valence-corrected chi connectivity index (χ2v) is 3.75. The zero-order valence-corrected chi connectivity index (χ0v) is 9.10. The molecule has 0 aliphatic rings. The van der Waals surface area contributed by atoms with Crippen molar-refractivity contribution in [1.82, 2.24) is 0 Å². The van der Waals surface area contributed by atoms with Crippen LogP contribution in [0.25, 0.3) is 11.3 Å². The zero-order valence-electron chi connectivity index (χ0n) is 7.51. The van der Waals surface area contributed by atoms with E-state index in [2.05, 4.69) is 15.9 Å². The first-order valence-electron chi connectivity index (χ1n) is 4.16. The Bertz CT molecular complexity index is 493. The molecule has 0 saturated carbocycles. The van der Waals surface area contributed by atoms with Crippen LogP contribution in [0.3, 0.4) is 0 Å². The highest BCUT2D eigenvalue weighted by molar-refractivity contribution is 9.10. The largest absolute Gasteiger partial charge is 0.464 e. The maximum Gasteiger partial charge on any atom is 0.270 e. The number of nitrogens with zero attached hydrogens (tertiary/aromatic N) is 1. The van der Waals surface area contributed by atoms with Gasteiger partial charge in [0.05, 0.1) is 11.2 Å². The highest BCUT2D eigenvalue weighted by Gasteiger charge is 2.11. The van der Waals surface area contributed by atoms with E-state index in [1.54, 1.807) is 24.5 Å². The van der Waals surface area contributed by atoms with Crippen molar-refractivity contribution in [1.29, 1.82) is 0 Å². The summed E-state index contributed by atoms with van der Waals surface area (Å²) in [5.41, 5.74) is 0.850. The molecule has 15 heavy (non-hydrogen) atoms. The van der Waals surface area contributed by atoms with Gasteiger partial charge >= 0.3 is 0 Å². The second kappa shape index (κ2) is 3.86. The monoisotopic (exact) mass is 267 g/mol. The van der Waals surface area contributed by atoms with Crippen LogP contribution in [0.2, 0.25) is 0 Å². The molecule has 0 unspecified atom stereocenters.